The highest BCUT2D eigenvalue weighted by Crippen LogP contribution is 2.62. The Bertz CT molecular complexity index is 722. The molecule has 0 heterocycles. The smallest absolute Gasteiger partial charge is 0.227 e. The van der Waals surface area contributed by atoms with E-state index in [0.717, 1.165) is 12.8 Å². The lowest BCUT2D eigenvalue weighted by Crippen LogP contribution is -2.51. The quantitative estimate of drug-likeness (QED) is 0.916. The molecule has 23 heavy (non-hydrogen) atoms. The lowest BCUT2D eigenvalue weighted by Gasteiger charge is -2.52. The molecule has 5 rings (SSSR count). The van der Waals surface area contributed by atoms with Crippen LogP contribution in [0.15, 0.2) is 48.5 Å². The highest BCUT2D eigenvalue weighted by atomic mass is 16.2. The number of carbonyl (C=O) groups is 1. The van der Waals surface area contributed by atoms with Gasteiger partial charge in [0, 0.05) is 18.9 Å². The van der Waals surface area contributed by atoms with Crippen LogP contribution in [-0.2, 0) is 4.79 Å². The van der Waals surface area contributed by atoms with E-state index in [-0.39, 0.29) is 17.7 Å². The zero-order chi connectivity index (χ0) is 16.0. The van der Waals surface area contributed by atoms with Crippen molar-refractivity contribution in [2.45, 2.75) is 24.7 Å². The maximum Gasteiger partial charge on any atom is 0.227 e. The van der Waals surface area contributed by atoms with E-state index in [4.69, 9.17) is 5.73 Å². The van der Waals surface area contributed by atoms with E-state index in [1.807, 2.05) is 0 Å². The number of hydrogen-bond donors (Lipinski definition) is 2. The summed E-state index contributed by atoms with van der Waals surface area (Å²) in [4.78, 5) is 12.9. The van der Waals surface area contributed by atoms with E-state index in [0.29, 0.717) is 6.54 Å². The van der Waals surface area contributed by atoms with Gasteiger partial charge >= 0.3 is 0 Å². The molecular weight excluding hydrogens is 284 g/mol. The lowest BCUT2D eigenvalue weighted by atomic mass is 9.51. The first-order valence-corrected chi connectivity index (χ1v) is 8.33. The third-order valence-corrected chi connectivity index (χ3v) is 5.76. The van der Waals surface area contributed by atoms with Crippen molar-refractivity contribution in [1.82, 2.24) is 5.32 Å². The maximum absolute atomic E-state index is 12.9. The van der Waals surface area contributed by atoms with Crippen molar-refractivity contribution in [3.8, 4) is 0 Å². The number of benzene rings is 2. The van der Waals surface area contributed by atoms with Gasteiger partial charge in [-0.2, -0.15) is 0 Å². The molecule has 0 saturated heterocycles. The van der Waals surface area contributed by atoms with Crippen molar-refractivity contribution in [1.29, 1.82) is 0 Å². The van der Waals surface area contributed by atoms with Crippen LogP contribution in [0.3, 0.4) is 0 Å². The summed E-state index contributed by atoms with van der Waals surface area (Å²) < 4.78 is 0. The summed E-state index contributed by atoms with van der Waals surface area (Å²) in [5.74, 6) is 0.515. The molecule has 3 N–H and O–H groups in total. The predicted octanol–water partition coefficient (Wildman–Crippen LogP) is 2.75. The summed E-state index contributed by atoms with van der Waals surface area (Å²) >= 11 is 0. The fraction of sp³-hybridized carbons (Fsp3) is 0.350. The van der Waals surface area contributed by atoms with Crippen LogP contribution in [0.2, 0.25) is 0 Å². The highest BCUT2D eigenvalue weighted by Gasteiger charge is 2.55. The normalized spacial score (nSPS) is 27.2. The molecular formula is C20H22N2O. The molecule has 0 aromatic heterocycles. The number of amides is 1. The topological polar surface area (TPSA) is 55.1 Å². The fourth-order valence-electron chi connectivity index (χ4n) is 4.90. The Balaban J connectivity index is 2.00. The zero-order valence-electron chi connectivity index (χ0n) is 13.4. The minimum Gasteiger partial charge on any atom is -0.359 e. The van der Waals surface area contributed by atoms with Crippen LogP contribution in [0, 0.1) is 5.41 Å². The molecule has 118 valence electrons. The van der Waals surface area contributed by atoms with Gasteiger partial charge in [-0.15, -0.1) is 0 Å². The Morgan fingerprint density at radius 2 is 1.61 bits per heavy atom. The van der Waals surface area contributed by atoms with Gasteiger partial charge in [0.1, 0.15) is 0 Å². The van der Waals surface area contributed by atoms with Crippen molar-refractivity contribution in [2.24, 2.45) is 11.1 Å². The van der Waals surface area contributed by atoms with Crippen molar-refractivity contribution in [3.05, 3.63) is 70.8 Å². The van der Waals surface area contributed by atoms with E-state index < -0.39 is 5.41 Å². The van der Waals surface area contributed by atoms with Crippen molar-refractivity contribution < 1.29 is 4.79 Å². The van der Waals surface area contributed by atoms with E-state index in [1.54, 1.807) is 7.05 Å². The largest absolute Gasteiger partial charge is 0.359 e. The Morgan fingerprint density at radius 3 is 2.09 bits per heavy atom. The van der Waals surface area contributed by atoms with Gasteiger partial charge in [-0.05, 0) is 41.6 Å². The Labute approximate surface area is 136 Å². The number of hydrogen-bond acceptors (Lipinski definition) is 2. The molecule has 2 aromatic carbocycles. The van der Waals surface area contributed by atoms with Crippen molar-refractivity contribution in [2.75, 3.05) is 13.6 Å². The summed E-state index contributed by atoms with van der Waals surface area (Å²) in [6, 6.07) is 17.2. The van der Waals surface area contributed by atoms with Crippen LogP contribution in [0.25, 0.3) is 0 Å². The van der Waals surface area contributed by atoms with Gasteiger partial charge in [-0.1, -0.05) is 48.5 Å². The second kappa shape index (κ2) is 5.20. The first-order chi connectivity index (χ1) is 11.2. The van der Waals surface area contributed by atoms with Gasteiger partial charge in [-0.25, -0.2) is 0 Å². The summed E-state index contributed by atoms with van der Waals surface area (Å²) in [6.07, 6.45) is 1.57. The molecule has 0 spiro atoms. The molecule has 1 atom stereocenters. The van der Waals surface area contributed by atoms with Gasteiger partial charge in [-0.3, -0.25) is 4.79 Å². The lowest BCUT2D eigenvalue weighted by molar-refractivity contribution is -0.133. The van der Waals surface area contributed by atoms with Crippen LogP contribution >= 0.6 is 0 Å². The Hall–Kier alpha value is -2.13. The molecule has 1 unspecified atom stereocenters. The molecule has 2 bridgehead atoms. The monoisotopic (exact) mass is 306 g/mol. The molecule has 0 saturated carbocycles. The highest BCUT2D eigenvalue weighted by molar-refractivity contribution is 5.86. The number of fused-ring (bicyclic) bond motifs is 1. The molecule has 2 aromatic rings. The van der Waals surface area contributed by atoms with Crippen molar-refractivity contribution >= 4 is 5.91 Å². The van der Waals surface area contributed by atoms with Gasteiger partial charge in [0.25, 0.3) is 0 Å². The van der Waals surface area contributed by atoms with Crippen LogP contribution in [-0.4, -0.2) is 19.5 Å². The zero-order valence-corrected chi connectivity index (χ0v) is 13.4. The average molecular weight is 306 g/mol. The number of rotatable bonds is 3. The van der Waals surface area contributed by atoms with E-state index in [2.05, 4.69) is 53.8 Å². The first-order valence-electron chi connectivity index (χ1n) is 8.33. The van der Waals surface area contributed by atoms with Gasteiger partial charge in [0.05, 0.1) is 5.41 Å². The molecule has 3 aliphatic rings. The number of nitrogens with one attached hydrogen (secondary N) is 1. The van der Waals surface area contributed by atoms with E-state index in [1.165, 1.54) is 22.3 Å². The van der Waals surface area contributed by atoms with Crippen LogP contribution in [0.1, 0.15) is 46.9 Å². The first kappa shape index (κ1) is 14.5. The fourth-order valence-corrected chi connectivity index (χ4v) is 4.90. The summed E-state index contributed by atoms with van der Waals surface area (Å²) in [5, 5.41) is 2.91. The summed E-state index contributed by atoms with van der Waals surface area (Å²) in [5.41, 5.74) is 10.9. The van der Waals surface area contributed by atoms with Gasteiger partial charge < -0.3 is 11.1 Å². The molecule has 3 aliphatic carbocycles. The minimum absolute atomic E-state index is 0.100. The van der Waals surface area contributed by atoms with Crippen LogP contribution in [0.4, 0.5) is 0 Å². The third-order valence-electron chi connectivity index (χ3n) is 5.76. The number of carbonyl (C=O) groups excluding carboxylic acids is 1. The molecule has 3 heteroatoms. The molecule has 0 aliphatic heterocycles. The van der Waals surface area contributed by atoms with Crippen LogP contribution in [0.5, 0.6) is 0 Å². The Kier molecular flexibility index (Phi) is 3.27. The van der Waals surface area contributed by atoms with Gasteiger partial charge in [0.15, 0.2) is 0 Å². The predicted molar refractivity (Wildman–Crippen MR) is 91.4 cm³/mol. The van der Waals surface area contributed by atoms with Gasteiger partial charge in [0.2, 0.25) is 5.91 Å². The molecule has 3 nitrogen and oxygen atoms in total. The molecule has 1 amide bonds. The summed E-state index contributed by atoms with van der Waals surface area (Å²) in [7, 11) is 1.74. The molecule has 0 fully saturated rings. The van der Waals surface area contributed by atoms with Crippen LogP contribution < -0.4 is 11.1 Å². The third kappa shape index (κ3) is 1.83. The van der Waals surface area contributed by atoms with E-state index in [9.17, 15) is 4.79 Å². The minimum atomic E-state index is -0.434. The van der Waals surface area contributed by atoms with Crippen molar-refractivity contribution in [3.63, 3.8) is 0 Å². The average Bonchev–Trinajstić information content (AvgIpc) is 2.61. The summed E-state index contributed by atoms with van der Waals surface area (Å²) in [6.45, 7) is 0.529. The second-order valence-electron chi connectivity index (χ2n) is 6.72. The van der Waals surface area contributed by atoms with E-state index >= 15 is 0 Å². The maximum atomic E-state index is 12.9. The second-order valence-corrected chi connectivity index (χ2v) is 6.72. The molecule has 0 radical (unpaired) electrons. The number of nitrogens with two attached hydrogens (primary N) is 1. The SMILES string of the molecule is CNC(=O)C1(CCN)CC2c3ccccc3C1c1ccccc12. The Morgan fingerprint density at radius 1 is 1.09 bits per heavy atom. The standard InChI is InChI=1S/C20H22N2O/c1-22-19(23)20(10-11-21)12-17-13-6-2-4-8-15(13)18(20)16-9-5-3-7-14(16)17/h2-9,17-18H,10-12,21H2,1H3,(H,22,23).